The lowest BCUT2D eigenvalue weighted by molar-refractivity contribution is 0.439. The van der Waals surface area contributed by atoms with Gasteiger partial charge in [-0.1, -0.05) is 17.7 Å². The fourth-order valence-corrected chi connectivity index (χ4v) is 3.79. The van der Waals surface area contributed by atoms with Crippen molar-refractivity contribution in [3.8, 4) is 6.07 Å². The molecule has 112 valence electrons. The summed E-state index contributed by atoms with van der Waals surface area (Å²) in [5.41, 5.74) is 1.95. The first-order valence-corrected chi connectivity index (χ1v) is 8.14. The molecule has 22 heavy (non-hydrogen) atoms. The van der Waals surface area contributed by atoms with Crippen molar-refractivity contribution in [3.05, 3.63) is 48.2 Å². The van der Waals surface area contributed by atoms with Gasteiger partial charge in [0.1, 0.15) is 11.4 Å². The first kappa shape index (κ1) is 14.5. The van der Waals surface area contributed by atoms with Crippen molar-refractivity contribution in [2.45, 2.75) is 11.8 Å². The molecular formula is C15H14N4O2S. The number of hydrogen-bond donors (Lipinski definition) is 0. The Morgan fingerprint density at radius 3 is 2.68 bits per heavy atom. The van der Waals surface area contributed by atoms with Gasteiger partial charge in [-0.25, -0.2) is 13.4 Å². The van der Waals surface area contributed by atoms with Gasteiger partial charge in [-0.2, -0.15) is 9.57 Å². The first-order valence-electron chi connectivity index (χ1n) is 6.70. The zero-order valence-corrected chi connectivity index (χ0v) is 12.8. The van der Waals surface area contributed by atoms with Crippen molar-refractivity contribution in [3.63, 3.8) is 0 Å². The van der Waals surface area contributed by atoms with E-state index in [1.54, 1.807) is 17.2 Å². The van der Waals surface area contributed by atoms with Crippen molar-refractivity contribution < 1.29 is 8.42 Å². The smallest absolute Gasteiger partial charge is 0.249 e. The molecule has 2 aromatic rings. The van der Waals surface area contributed by atoms with Crippen LogP contribution < -0.4 is 4.90 Å². The predicted octanol–water partition coefficient (Wildman–Crippen LogP) is 2.01. The van der Waals surface area contributed by atoms with Crippen LogP contribution in [-0.4, -0.2) is 30.9 Å². The van der Waals surface area contributed by atoms with E-state index in [4.69, 9.17) is 5.26 Å². The summed E-state index contributed by atoms with van der Waals surface area (Å²) in [4.78, 5) is 6.15. The number of nitriles is 1. The zero-order chi connectivity index (χ0) is 15.7. The molecule has 0 amide bonds. The van der Waals surface area contributed by atoms with Gasteiger partial charge >= 0.3 is 0 Å². The Bertz CT molecular complexity index is 841. The third-order valence-electron chi connectivity index (χ3n) is 3.52. The second-order valence-electron chi connectivity index (χ2n) is 5.00. The lowest BCUT2D eigenvalue weighted by atomic mass is 10.2. The predicted molar refractivity (Wildman–Crippen MR) is 81.9 cm³/mol. The third-order valence-corrected chi connectivity index (χ3v) is 5.32. The highest BCUT2D eigenvalue weighted by molar-refractivity contribution is 7.89. The van der Waals surface area contributed by atoms with Gasteiger partial charge in [-0.3, -0.25) is 0 Å². The number of benzene rings is 1. The number of fused-ring (bicyclic) bond motifs is 1. The average Bonchev–Trinajstić information content (AvgIpc) is 2.51. The third kappa shape index (κ3) is 2.32. The number of hydrogen-bond acceptors (Lipinski definition) is 5. The Balaban J connectivity index is 2.15. The van der Waals surface area contributed by atoms with Crippen molar-refractivity contribution in [1.82, 2.24) is 9.29 Å². The topological polar surface area (TPSA) is 77.3 Å². The van der Waals surface area contributed by atoms with Crippen molar-refractivity contribution in [2.75, 3.05) is 18.1 Å². The molecule has 1 aromatic heterocycles. The minimum atomic E-state index is -3.69. The van der Waals surface area contributed by atoms with E-state index >= 15 is 0 Å². The Labute approximate surface area is 129 Å². The second kappa shape index (κ2) is 5.40. The van der Waals surface area contributed by atoms with E-state index in [-0.39, 0.29) is 18.1 Å². The Kier molecular flexibility index (Phi) is 3.56. The van der Waals surface area contributed by atoms with Crippen LogP contribution in [0.25, 0.3) is 0 Å². The number of sulfonamides is 1. The molecule has 6 nitrogen and oxygen atoms in total. The van der Waals surface area contributed by atoms with Crippen LogP contribution in [0, 0.1) is 18.3 Å². The molecule has 1 aliphatic rings. The Hall–Kier alpha value is -2.43. The van der Waals surface area contributed by atoms with E-state index in [1.165, 1.54) is 6.07 Å². The van der Waals surface area contributed by atoms with E-state index in [9.17, 15) is 8.42 Å². The molecular weight excluding hydrogens is 300 g/mol. The summed E-state index contributed by atoms with van der Waals surface area (Å²) in [5, 5.41) is 8.90. The van der Waals surface area contributed by atoms with Gasteiger partial charge in [0.2, 0.25) is 10.0 Å². The maximum Gasteiger partial charge on any atom is 0.249 e. The number of aryl methyl sites for hydroxylation is 1. The van der Waals surface area contributed by atoms with E-state index in [0.29, 0.717) is 5.82 Å². The normalized spacial score (nSPS) is 16.8. The number of rotatable bonds is 2. The van der Waals surface area contributed by atoms with Crippen LogP contribution in [0.4, 0.5) is 11.5 Å². The molecule has 1 aromatic carbocycles. The lowest BCUT2D eigenvalue weighted by Crippen LogP contribution is -2.45. The molecule has 0 atom stereocenters. The van der Waals surface area contributed by atoms with E-state index in [2.05, 4.69) is 4.98 Å². The highest BCUT2D eigenvalue weighted by atomic mass is 32.2. The van der Waals surface area contributed by atoms with Crippen LogP contribution in [0.5, 0.6) is 0 Å². The standard InChI is InChI=1S/C15H14N4O2S/c1-12-4-6-13(7-5-12)19-11-18(10-8-16)22(20,21)14-3-2-9-17-15(14)19/h2-7,9H,10-11H2,1H3. The molecule has 0 fully saturated rings. The van der Waals surface area contributed by atoms with Crippen LogP contribution in [-0.2, 0) is 10.0 Å². The molecule has 0 N–H and O–H groups in total. The van der Waals surface area contributed by atoms with Crippen molar-refractivity contribution >= 4 is 21.5 Å². The first-order chi connectivity index (χ1) is 10.5. The Morgan fingerprint density at radius 2 is 2.00 bits per heavy atom. The molecule has 1 aliphatic heterocycles. The van der Waals surface area contributed by atoms with Crippen LogP contribution in [0.2, 0.25) is 0 Å². The molecule has 3 rings (SSSR count). The number of anilines is 2. The SMILES string of the molecule is Cc1ccc(N2CN(CC#N)S(=O)(=O)c3cccnc32)cc1. The summed E-state index contributed by atoms with van der Waals surface area (Å²) in [7, 11) is -3.69. The minimum absolute atomic E-state index is 0.0724. The molecule has 0 saturated carbocycles. The highest BCUT2D eigenvalue weighted by Crippen LogP contribution is 2.35. The fourth-order valence-electron chi connectivity index (χ4n) is 2.37. The summed E-state index contributed by atoms with van der Waals surface area (Å²) >= 11 is 0. The molecule has 0 unspecified atom stereocenters. The van der Waals surface area contributed by atoms with Crippen LogP contribution >= 0.6 is 0 Å². The summed E-state index contributed by atoms with van der Waals surface area (Å²) < 4.78 is 26.2. The van der Waals surface area contributed by atoms with Gasteiger partial charge in [-0.05, 0) is 31.2 Å². The van der Waals surface area contributed by atoms with Gasteiger partial charge in [0.15, 0.2) is 5.82 Å². The zero-order valence-electron chi connectivity index (χ0n) is 12.0. The van der Waals surface area contributed by atoms with Gasteiger partial charge in [0.05, 0.1) is 12.7 Å². The maximum atomic E-state index is 12.5. The quantitative estimate of drug-likeness (QED) is 0.792. The summed E-state index contributed by atoms with van der Waals surface area (Å²) in [6.07, 6.45) is 1.56. The fraction of sp³-hybridized carbons (Fsp3) is 0.200. The molecule has 7 heteroatoms. The van der Waals surface area contributed by atoms with Crippen molar-refractivity contribution in [1.29, 1.82) is 5.26 Å². The molecule has 0 bridgehead atoms. The molecule has 0 saturated heterocycles. The molecule has 0 aliphatic carbocycles. The molecule has 0 spiro atoms. The highest BCUT2D eigenvalue weighted by Gasteiger charge is 2.36. The summed E-state index contributed by atoms with van der Waals surface area (Å²) in [6.45, 7) is 1.86. The molecule has 0 radical (unpaired) electrons. The van der Waals surface area contributed by atoms with Gasteiger partial charge < -0.3 is 4.90 Å². The summed E-state index contributed by atoms with van der Waals surface area (Å²) in [6, 6.07) is 12.7. The monoisotopic (exact) mass is 314 g/mol. The molecule has 2 heterocycles. The maximum absolute atomic E-state index is 12.5. The Morgan fingerprint density at radius 1 is 1.27 bits per heavy atom. The average molecular weight is 314 g/mol. The van der Waals surface area contributed by atoms with Crippen LogP contribution in [0.1, 0.15) is 5.56 Å². The number of nitrogens with zero attached hydrogens (tertiary/aromatic N) is 4. The number of aromatic nitrogens is 1. The van der Waals surface area contributed by atoms with Gasteiger partial charge in [0.25, 0.3) is 0 Å². The van der Waals surface area contributed by atoms with Gasteiger partial charge in [0, 0.05) is 11.9 Å². The van der Waals surface area contributed by atoms with E-state index in [0.717, 1.165) is 15.6 Å². The van der Waals surface area contributed by atoms with Crippen molar-refractivity contribution in [2.24, 2.45) is 0 Å². The lowest BCUT2D eigenvalue weighted by Gasteiger charge is -2.35. The second-order valence-corrected chi connectivity index (χ2v) is 6.91. The minimum Gasteiger partial charge on any atom is -0.311 e. The summed E-state index contributed by atoms with van der Waals surface area (Å²) in [5.74, 6) is 0.389. The van der Waals surface area contributed by atoms with E-state index in [1.807, 2.05) is 37.3 Å². The van der Waals surface area contributed by atoms with Crippen LogP contribution in [0.15, 0.2) is 47.5 Å². The van der Waals surface area contributed by atoms with E-state index < -0.39 is 10.0 Å². The van der Waals surface area contributed by atoms with Crippen LogP contribution in [0.3, 0.4) is 0 Å². The number of pyridine rings is 1. The largest absolute Gasteiger partial charge is 0.311 e. The van der Waals surface area contributed by atoms with Gasteiger partial charge in [-0.15, -0.1) is 0 Å².